The fraction of sp³-hybridized carbons (Fsp3) is 0.286. The van der Waals surface area contributed by atoms with Crippen LogP contribution in [-0.4, -0.2) is 54.0 Å². The second kappa shape index (κ2) is 11.0. The van der Waals surface area contributed by atoms with Crippen molar-refractivity contribution in [3.8, 4) is 0 Å². The quantitative estimate of drug-likeness (QED) is 0.170. The van der Waals surface area contributed by atoms with E-state index in [0.29, 0.717) is 59.4 Å². The summed E-state index contributed by atoms with van der Waals surface area (Å²) in [5, 5.41) is 10.4. The lowest BCUT2D eigenvalue weighted by atomic mass is 10.2. The minimum absolute atomic E-state index is 0.298. The lowest BCUT2D eigenvalue weighted by Gasteiger charge is -2.12. The second-order valence-electron chi connectivity index (χ2n) is 9.51. The molecule has 5 rings (SSSR count). The number of aldehydes is 1. The Morgan fingerprint density at radius 1 is 0.950 bits per heavy atom. The topological polar surface area (TPSA) is 155 Å². The molecule has 0 bridgehead atoms. The van der Waals surface area contributed by atoms with Gasteiger partial charge >= 0.3 is 0 Å². The Bertz CT molecular complexity index is 1740. The van der Waals surface area contributed by atoms with E-state index in [4.69, 9.17) is 5.73 Å². The summed E-state index contributed by atoms with van der Waals surface area (Å²) in [5.74, 6) is 0.315. The highest BCUT2D eigenvalue weighted by Crippen LogP contribution is 2.24. The first-order valence-corrected chi connectivity index (χ1v) is 13.1. The van der Waals surface area contributed by atoms with E-state index in [9.17, 15) is 14.4 Å². The zero-order valence-electron chi connectivity index (χ0n) is 22.6. The SMILES string of the molecule is CCn1nc(C)cc1C(=O)Nc1nc2cc(C=O)ccc2n1CCCCn1c(NC)nc2cc(C(N)=O)ccc21. The Hall–Kier alpha value is -5.00. The number of amides is 2. The monoisotopic (exact) mass is 541 g/mol. The third-order valence-corrected chi connectivity index (χ3v) is 6.84. The van der Waals surface area contributed by atoms with Crippen molar-refractivity contribution >= 4 is 52.1 Å². The van der Waals surface area contributed by atoms with Crippen LogP contribution in [-0.2, 0) is 19.6 Å². The molecule has 0 atom stereocenters. The minimum atomic E-state index is -0.493. The van der Waals surface area contributed by atoms with Crippen LogP contribution in [0.2, 0.25) is 0 Å². The number of aryl methyl sites for hydroxylation is 4. The van der Waals surface area contributed by atoms with E-state index >= 15 is 0 Å². The largest absolute Gasteiger partial charge is 0.366 e. The van der Waals surface area contributed by atoms with Gasteiger partial charge < -0.3 is 20.2 Å². The average molecular weight is 542 g/mol. The molecule has 12 heteroatoms. The van der Waals surface area contributed by atoms with Crippen LogP contribution in [0.3, 0.4) is 0 Å². The smallest absolute Gasteiger partial charge is 0.276 e. The van der Waals surface area contributed by atoms with Gasteiger partial charge in [0.15, 0.2) is 0 Å². The Morgan fingerprint density at radius 3 is 2.25 bits per heavy atom. The fourth-order valence-electron chi connectivity index (χ4n) is 4.92. The molecule has 0 spiro atoms. The van der Waals surface area contributed by atoms with E-state index in [-0.39, 0.29) is 5.91 Å². The number of imidazole rings is 2. The number of primary amides is 1. The van der Waals surface area contributed by atoms with E-state index in [2.05, 4.69) is 30.3 Å². The number of benzene rings is 2. The van der Waals surface area contributed by atoms with Gasteiger partial charge in [0, 0.05) is 37.8 Å². The molecule has 2 aromatic carbocycles. The summed E-state index contributed by atoms with van der Waals surface area (Å²) >= 11 is 0. The Labute approximate surface area is 230 Å². The van der Waals surface area contributed by atoms with Crippen LogP contribution in [0, 0.1) is 6.92 Å². The summed E-state index contributed by atoms with van der Waals surface area (Å²) in [6.45, 7) is 5.61. The third-order valence-electron chi connectivity index (χ3n) is 6.84. The van der Waals surface area contributed by atoms with E-state index in [1.165, 1.54) is 0 Å². The van der Waals surface area contributed by atoms with Crippen LogP contribution in [0.25, 0.3) is 22.1 Å². The normalized spacial score (nSPS) is 11.3. The number of carbonyl (C=O) groups excluding carboxylic acids is 3. The van der Waals surface area contributed by atoms with Crippen molar-refractivity contribution < 1.29 is 14.4 Å². The number of hydrogen-bond acceptors (Lipinski definition) is 7. The van der Waals surface area contributed by atoms with E-state index in [1.54, 1.807) is 42.1 Å². The van der Waals surface area contributed by atoms with Crippen molar-refractivity contribution in [3.05, 3.63) is 65.0 Å². The maximum absolute atomic E-state index is 13.2. The van der Waals surface area contributed by atoms with Gasteiger partial charge in [-0.1, -0.05) is 0 Å². The number of nitrogens with zero attached hydrogens (tertiary/aromatic N) is 6. The Balaban J connectivity index is 1.37. The molecule has 3 aromatic heterocycles. The van der Waals surface area contributed by atoms with Crippen LogP contribution < -0.4 is 16.4 Å². The molecule has 0 aliphatic carbocycles. The lowest BCUT2D eigenvalue weighted by molar-refractivity contribution is 0.0996. The van der Waals surface area contributed by atoms with Crippen molar-refractivity contribution in [2.75, 3.05) is 17.7 Å². The summed E-state index contributed by atoms with van der Waals surface area (Å²) in [7, 11) is 1.80. The Kier molecular flexibility index (Phi) is 7.32. The van der Waals surface area contributed by atoms with Crippen molar-refractivity contribution in [2.45, 2.75) is 46.3 Å². The molecule has 4 N–H and O–H groups in total. The number of unbranched alkanes of at least 4 members (excludes halogenated alkanes) is 1. The van der Waals surface area contributed by atoms with Crippen molar-refractivity contribution in [3.63, 3.8) is 0 Å². The highest BCUT2D eigenvalue weighted by atomic mass is 16.2. The molecule has 0 radical (unpaired) electrons. The molecule has 40 heavy (non-hydrogen) atoms. The van der Waals surface area contributed by atoms with Crippen molar-refractivity contribution in [1.82, 2.24) is 28.9 Å². The van der Waals surface area contributed by atoms with Gasteiger partial charge in [0.2, 0.25) is 17.8 Å². The average Bonchev–Trinajstić information content (AvgIpc) is 3.62. The van der Waals surface area contributed by atoms with E-state index < -0.39 is 5.91 Å². The molecular formula is C28H31N9O3. The first-order valence-electron chi connectivity index (χ1n) is 13.1. The number of hydrogen-bond donors (Lipinski definition) is 3. The van der Waals surface area contributed by atoms with Crippen LogP contribution in [0.15, 0.2) is 42.5 Å². The number of nitrogens with two attached hydrogens (primary N) is 1. The molecule has 0 aliphatic heterocycles. The predicted octanol–water partition coefficient (Wildman–Crippen LogP) is 3.60. The number of rotatable bonds is 11. The van der Waals surface area contributed by atoms with Gasteiger partial charge in [-0.2, -0.15) is 5.10 Å². The standard InChI is InChI=1S/C28H31N9O3/c1-4-37-24(13-17(2)34-37)26(40)33-28-32-20-14-18(16-38)7-9-22(20)36(28)12-6-5-11-35-23-10-8-19(25(29)39)15-21(23)31-27(35)30-3/h7-10,13-16H,4-6,11-12H2,1-3H3,(H2,29,39)(H,30,31)(H,32,33,40). The number of anilines is 2. The fourth-order valence-corrected chi connectivity index (χ4v) is 4.92. The van der Waals surface area contributed by atoms with Crippen LogP contribution >= 0.6 is 0 Å². The molecule has 0 unspecified atom stereocenters. The lowest BCUT2D eigenvalue weighted by Crippen LogP contribution is -2.20. The summed E-state index contributed by atoms with van der Waals surface area (Å²) in [6, 6.07) is 12.3. The van der Waals surface area contributed by atoms with Crippen LogP contribution in [0.1, 0.15) is 56.7 Å². The predicted molar refractivity (Wildman–Crippen MR) is 153 cm³/mol. The molecule has 0 saturated carbocycles. The van der Waals surface area contributed by atoms with Crippen molar-refractivity contribution in [1.29, 1.82) is 0 Å². The molecule has 0 saturated heterocycles. The highest BCUT2D eigenvalue weighted by molar-refractivity contribution is 6.03. The van der Waals surface area contributed by atoms with Gasteiger partial charge in [-0.15, -0.1) is 0 Å². The van der Waals surface area contributed by atoms with Gasteiger partial charge in [0.1, 0.15) is 12.0 Å². The first-order chi connectivity index (χ1) is 19.3. The van der Waals surface area contributed by atoms with Gasteiger partial charge in [-0.3, -0.25) is 24.4 Å². The number of nitrogens with one attached hydrogen (secondary N) is 2. The maximum Gasteiger partial charge on any atom is 0.276 e. The molecule has 5 aromatic rings. The summed E-state index contributed by atoms with van der Waals surface area (Å²) in [6.07, 6.45) is 2.36. The molecule has 2 amide bonds. The number of carbonyl (C=O) groups is 3. The maximum atomic E-state index is 13.2. The van der Waals surface area contributed by atoms with Crippen LogP contribution in [0.4, 0.5) is 11.9 Å². The summed E-state index contributed by atoms with van der Waals surface area (Å²) in [5.41, 5.74) is 10.6. The van der Waals surface area contributed by atoms with E-state index in [0.717, 1.165) is 35.9 Å². The van der Waals surface area contributed by atoms with E-state index in [1.807, 2.05) is 30.5 Å². The zero-order valence-corrected chi connectivity index (χ0v) is 22.6. The molecular weight excluding hydrogens is 510 g/mol. The van der Waals surface area contributed by atoms with Gasteiger partial charge in [0.05, 0.1) is 27.8 Å². The first kappa shape index (κ1) is 26.6. The minimum Gasteiger partial charge on any atom is -0.366 e. The highest BCUT2D eigenvalue weighted by Gasteiger charge is 2.19. The summed E-state index contributed by atoms with van der Waals surface area (Å²) in [4.78, 5) is 45.4. The third kappa shape index (κ3) is 5.03. The van der Waals surface area contributed by atoms with Gasteiger partial charge in [-0.05, 0) is 69.2 Å². The number of aromatic nitrogens is 6. The molecule has 3 heterocycles. The molecule has 206 valence electrons. The molecule has 0 fully saturated rings. The Morgan fingerprint density at radius 2 is 1.60 bits per heavy atom. The van der Waals surface area contributed by atoms with Gasteiger partial charge in [-0.25, -0.2) is 9.97 Å². The zero-order chi connectivity index (χ0) is 28.4. The van der Waals surface area contributed by atoms with Crippen molar-refractivity contribution in [2.24, 2.45) is 5.73 Å². The second-order valence-corrected chi connectivity index (χ2v) is 9.51. The van der Waals surface area contributed by atoms with Crippen LogP contribution in [0.5, 0.6) is 0 Å². The molecule has 0 aliphatic rings. The summed E-state index contributed by atoms with van der Waals surface area (Å²) < 4.78 is 5.69. The molecule has 12 nitrogen and oxygen atoms in total. The number of fused-ring (bicyclic) bond motifs is 2. The van der Waals surface area contributed by atoms with Gasteiger partial charge in [0.25, 0.3) is 5.91 Å².